The molecular formula is C10H9IO3. The molecule has 0 atom stereocenters. The van der Waals surface area contributed by atoms with Gasteiger partial charge < -0.3 is 4.74 Å². The highest BCUT2D eigenvalue weighted by atomic mass is 127. The smallest absolute Gasteiger partial charge is 0.303 e. The van der Waals surface area contributed by atoms with Crippen molar-refractivity contribution in [3.05, 3.63) is 33.4 Å². The molecule has 1 aromatic rings. The van der Waals surface area contributed by atoms with Crippen molar-refractivity contribution in [1.82, 2.24) is 0 Å². The minimum atomic E-state index is -0.441. The fourth-order valence-corrected chi connectivity index (χ4v) is 1.25. The third-order valence-corrected chi connectivity index (χ3v) is 2.29. The maximum absolute atomic E-state index is 11.4. The van der Waals surface area contributed by atoms with E-state index in [-0.39, 0.29) is 12.4 Å². The zero-order valence-corrected chi connectivity index (χ0v) is 9.78. The summed E-state index contributed by atoms with van der Waals surface area (Å²) in [5, 5.41) is 0. The zero-order valence-electron chi connectivity index (χ0n) is 7.62. The van der Waals surface area contributed by atoms with Crippen LogP contribution in [-0.4, -0.2) is 18.4 Å². The van der Waals surface area contributed by atoms with Crippen LogP contribution in [0.15, 0.2) is 24.3 Å². The number of ether oxygens (including phenoxy) is 1. The van der Waals surface area contributed by atoms with Gasteiger partial charge in [-0.05, 0) is 34.7 Å². The Labute approximate surface area is 95.6 Å². The molecule has 0 aliphatic rings. The molecule has 0 aliphatic carbocycles. The molecule has 0 saturated heterocycles. The summed E-state index contributed by atoms with van der Waals surface area (Å²) in [5.74, 6) is -0.625. The van der Waals surface area contributed by atoms with Gasteiger partial charge in [-0.1, -0.05) is 12.1 Å². The molecule has 0 saturated carbocycles. The standard InChI is InChI=1S/C10H9IO3/c1-7(12)14-6-10(13)8-2-4-9(11)5-3-8/h2-5H,6H2,1H3. The first-order valence-corrected chi connectivity index (χ1v) is 5.09. The van der Waals surface area contributed by atoms with Crippen molar-refractivity contribution in [3.8, 4) is 0 Å². The van der Waals surface area contributed by atoms with E-state index in [2.05, 4.69) is 27.3 Å². The number of carbonyl (C=O) groups excluding carboxylic acids is 2. The number of hydrogen-bond donors (Lipinski definition) is 0. The number of esters is 1. The first-order valence-electron chi connectivity index (χ1n) is 4.01. The third kappa shape index (κ3) is 3.45. The van der Waals surface area contributed by atoms with Crippen LogP contribution in [0.5, 0.6) is 0 Å². The Morgan fingerprint density at radius 2 is 1.86 bits per heavy atom. The molecule has 0 N–H and O–H groups in total. The van der Waals surface area contributed by atoms with Crippen LogP contribution >= 0.6 is 22.6 Å². The van der Waals surface area contributed by atoms with Gasteiger partial charge in [-0.2, -0.15) is 0 Å². The highest BCUT2D eigenvalue weighted by Gasteiger charge is 2.06. The lowest BCUT2D eigenvalue weighted by Crippen LogP contribution is -2.11. The molecule has 0 bridgehead atoms. The predicted octanol–water partition coefficient (Wildman–Crippen LogP) is 2.04. The Bertz CT molecular complexity index is 343. The lowest BCUT2D eigenvalue weighted by molar-refractivity contribution is -0.139. The summed E-state index contributed by atoms with van der Waals surface area (Å²) in [7, 11) is 0. The molecule has 0 fully saturated rings. The van der Waals surface area contributed by atoms with Crippen molar-refractivity contribution in [2.75, 3.05) is 6.61 Å². The molecule has 0 spiro atoms. The van der Waals surface area contributed by atoms with Gasteiger partial charge in [0.25, 0.3) is 0 Å². The number of halogens is 1. The summed E-state index contributed by atoms with van der Waals surface area (Å²) in [4.78, 5) is 21.8. The van der Waals surface area contributed by atoms with E-state index in [4.69, 9.17) is 0 Å². The Kier molecular flexibility index (Phi) is 4.06. The van der Waals surface area contributed by atoms with Gasteiger partial charge in [0, 0.05) is 16.1 Å². The Morgan fingerprint density at radius 1 is 1.29 bits per heavy atom. The lowest BCUT2D eigenvalue weighted by atomic mass is 10.1. The molecule has 14 heavy (non-hydrogen) atoms. The molecular weight excluding hydrogens is 295 g/mol. The molecule has 1 aromatic carbocycles. The van der Waals surface area contributed by atoms with Crippen LogP contribution < -0.4 is 0 Å². The molecule has 0 aromatic heterocycles. The number of carbonyl (C=O) groups is 2. The second kappa shape index (κ2) is 5.09. The van der Waals surface area contributed by atoms with Gasteiger partial charge in [-0.15, -0.1) is 0 Å². The quantitative estimate of drug-likeness (QED) is 0.487. The molecule has 74 valence electrons. The summed E-state index contributed by atoms with van der Waals surface area (Å²) < 4.78 is 5.66. The SMILES string of the molecule is CC(=O)OCC(=O)c1ccc(I)cc1. The van der Waals surface area contributed by atoms with Crippen LogP contribution in [0.3, 0.4) is 0 Å². The van der Waals surface area contributed by atoms with E-state index in [1.165, 1.54) is 6.92 Å². The molecule has 1 rings (SSSR count). The van der Waals surface area contributed by atoms with E-state index in [1.807, 2.05) is 12.1 Å². The number of Topliss-reactive ketones (excluding diaryl/α,β-unsaturated/α-hetero) is 1. The normalized spacial score (nSPS) is 9.57. The molecule has 0 radical (unpaired) electrons. The number of benzene rings is 1. The summed E-state index contributed by atoms with van der Waals surface area (Å²) in [6.45, 7) is 1.09. The maximum Gasteiger partial charge on any atom is 0.303 e. The lowest BCUT2D eigenvalue weighted by Gasteiger charge is -2.01. The van der Waals surface area contributed by atoms with Crippen molar-refractivity contribution in [2.24, 2.45) is 0 Å². The van der Waals surface area contributed by atoms with Gasteiger partial charge in [0.15, 0.2) is 12.4 Å². The number of rotatable bonds is 3. The minimum absolute atomic E-state index is 0.184. The topological polar surface area (TPSA) is 43.4 Å². The third-order valence-electron chi connectivity index (χ3n) is 1.57. The van der Waals surface area contributed by atoms with E-state index >= 15 is 0 Å². The monoisotopic (exact) mass is 304 g/mol. The largest absolute Gasteiger partial charge is 0.457 e. The average molecular weight is 304 g/mol. The molecule has 0 amide bonds. The van der Waals surface area contributed by atoms with Crippen LogP contribution in [0.1, 0.15) is 17.3 Å². The van der Waals surface area contributed by atoms with E-state index in [0.29, 0.717) is 5.56 Å². The fourth-order valence-electron chi connectivity index (χ4n) is 0.886. The highest BCUT2D eigenvalue weighted by molar-refractivity contribution is 14.1. The van der Waals surface area contributed by atoms with E-state index in [0.717, 1.165) is 3.57 Å². The first-order chi connectivity index (χ1) is 6.59. The van der Waals surface area contributed by atoms with Crippen molar-refractivity contribution >= 4 is 34.3 Å². The number of hydrogen-bond acceptors (Lipinski definition) is 3. The van der Waals surface area contributed by atoms with Gasteiger partial charge in [-0.3, -0.25) is 9.59 Å². The van der Waals surface area contributed by atoms with Crippen LogP contribution in [0, 0.1) is 3.57 Å². The Morgan fingerprint density at radius 3 is 2.36 bits per heavy atom. The maximum atomic E-state index is 11.4. The highest BCUT2D eigenvalue weighted by Crippen LogP contribution is 2.07. The second-order valence-electron chi connectivity index (χ2n) is 2.71. The van der Waals surface area contributed by atoms with Gasteiger partial charge in [0.05, 0.1) is 0 Å². The first kappa shape index (κ1) is 11.2. The van der Waals surface area contributed by atoms with E-state index in [9.17, 15) is 9.59 Å². The van der Waals surface area contributed by atoms with Crippen molar-refractivity contribution < 1.29 is 14.3 Å². The fraction of sp³-hybridized carbons (Fsp3) is 0.200. The Hall–Kier alpha value is -0.910. The average Bonchev–Trinajstić information content (AvgIpc) is 2.15. The predicted molar refractivity (Wildman–Crippen MR) is 60.1 cm³/mol. The van der Waals surface area contributed by atoms with E-state index < -0.39 is 5.97 Å². The van der Waals surface area contributed by atoms with Crippen LogP contribution in [0.4, 0.5) is 0 Å². The van der Waals surface area contributed by atoms with Crippen LogP contribution in [0.2, 0.25) is 0 Å². The molecule has 0 aliphatic heterocycles. The summed E-state index contributed by atoms with van der Waals surface area (Å²) in [5.41, 5.74) is 0.562. The molecule has 3 nitrogen and oxygen atoms in total. The van der Waals surface area contributed by atoms with Gasteiger partial charge in [-0.25, -0.2) is 0 Å². The van der Waals surface area contributed by atoms with Crippen molar-refractivity contribution in [1.29, 1.82) is 0 Å². The van der Waals surface area contributed by atoms with Crippen LogP contribution in [-0.2, 0) is 9.53 Å². The molecule has 0 heterocycles. The second-order valence-corrected chi connectivity index (χ2v) is 3.96. The minimum Gasteiger partial charge on any atom is -0.457 e. The summed E-state index contributed by atoms with van der Waals surface area (Å²) in [6.07, 6.45) is 0. The Balaban J connectivity index is 2.61. The van der Waals surface area contributed by atoms with Gasteiger partial charge >= 0.3 is 5.97 Å². The van der Waals surface area contributed by atoms with Crippen molar-refractivity contribution in [3.63, 3.8) is 0 Å². The molecule has 0 unspecified atom stereocenters. The van der Waals surface area contributed by atoms with Gasteiger partial charge in [0.1, 0.15) is 0 Å². The zero-order chi connectivity index (χ0) is 10.6. The summed E-state index contributed by atoms with van der Waals surface area (Å²) in [6, 6.07) is 7.10. The van der Waals surface area contributed by atoms with Crippen molar-refractivity contribution in [2.45, 2.75) is 6.92 Å². The molecule has 4 heteroatoms. The van der Waals surface area contributed by atoms with E-state index in [1.54, 1.807) is 12.1 Å². The van der Waals surface area contributed by atoms with Gasteiger partial charge in [0.2, 0.25) is 0 Å². The summed E-state index contributed by atoms with van der Waals surface area (Å²) >= 11 is 2.16. The number of ketones is 1. The van der Waals surface area contributed by atoms with Crippen LogP contribution in [0.25, 0.3) is 0 Å².